The van der Waals surface area contributed by atoms with Crippen molar-refractivity contribution in [3.8, 4) is 0 Å². The quantitative estimate of drug-likeness (QED) is 0.859. The van der Waals surface area contributed by atoms with Gasteiger partial charge < -0.3 is 10.1 Å². The van der Waals surface area contributed by atoms with E-state index >= 15 is 0 Å². The van der Waals surface area contributed by atoms with Crippen molar-refractivity contribution in [1.82, 2.24) is 5.32 Å². The molecule has 1 aliphatic rings. The van der Waals surface area contributed by atoms with Crippen LogP contribution in [0, 0.1) is 5.92 Å². The smallest absolute Gasteiger partial charge is 0.0590 e. The fourth-order valence-electron chi connectivity index (χ4n) is 2.88. The Hall–Kier alpha value is -0.570. The summed E-state index contributed by atoms with van der Waals surface area (Å²) in [5.74, 6) is 0.586. The number of halogens is 1. The second kappa shape index (κ2) is 7.28. The zero-order valence-electron chi connectivity index (χ0n) is 11.9. The van der Waals surface area contributed by atoms with Crippen LogP contribution < -0.4 is 5.32 Å². The molecule has 0 aromatic heterocycles. The summed E-state index contributed by atoms with van der Waals surface area (Å²) >= 11 is 6.29. The summed E-state index contributed by atoms with van der Waals surface area (Å²) in [4.78, 5) is 0. The third-order valence-electron chi connectivity index (χ3n) is 4.01. The lowest BCUT2D eigenvalue weighted by molar-refractivity contribution is 0.0954. The molecule has 1 aromatic carbocycles. The topological polar surface area (TPSA) is 21.3 Å². The molecule has 0 spiro atoms. The molecule has 19 heavy (non-hydrogen) atoms. The molecule has 0 bridgehead atoms. The highest BCUT2D eigenvalue weighted by molar-refractivity contribution is 6.31. The van der Waals surface area contributed by atoms with Gasteiger partial charge in [0.15, 0.2) is 0 Å². The van der Waals surface area contributed by atoms with Gasteiger partial charge in [-0.1, -0.05) is 36.7 Å². The molecule has 1 aliphatic heterocycles. The first-order valence-electron chi connectivity index (χ1n) is 7.30. The minimum atomic E-state index is 0.344. The first-order chi connectivity index (χ1) is 9.22. The Morgan fingerprint density at radius 3 is 2.84 bits per heavy atom. The Bertz CT molecular complexity index is 396. The molecule has 2 rings (SSSR count). The van der Waals surface area contributed by atoms with E-state index in [9.17, 15) is 0 Å². The predicted molar refractivity (Wildman–Crippen MR) is 80.8 cm³/mol. The van der Waals surface area contributed by atoms with Crippen molar-refractivity contribution < 1.29 is 4.74 Å². The summed E-state index contributed by atoms with van der Waals surface area (Å²) < 4.78 is 5.72. The van der Waals surface area contributed by atoms with Crippen molar-refractivity contribution >= 4 is 11.6 Å². The van der Waals surface area contributed by atoms with Gasteiger partial charge in [0.25, 0.3) is 0 Å². The van der Waals surface area contributed by atoms with Crippen LogP contribution in [0.2, 0.25) is 5.02 Å². The third kappa shape index (κ3) is 3.95. The third-order valence-corrected chi connectivity index (χ3v) is 4.37. The number of hydrogen-bond acceptors (Lipinski definition) is 2. The molecule has 1 fully saturated rings. The van der Waals surface area contributed by atoms with Gasteiger partial charge in [0.1, 0.15) is 0 Å². The van der Waals surface area contributed by atoms with Gasteiger partial charge in [-0.05, 0) is 44.4 Å². The maximum atomic E-state index is 6.29. The zero-order chi connectivity index (χ0) is 13.7. The van der Waals surface area contributed by atoms with Crippen molar-refractivity contribution in [2.75, 3.05) is 13.2 Å². The van der Waals surface area contributed by atoms with Gasteiger partial charge >= 0.3 is 0 Å². The fraction of sp³-hybridized carbons (Fsp3) is 0.625. The van der Waals surface area contributed by atoms with Crippen molar-refractivity contribution in [1.29, 1.82) is 0 Å². The van der Waals surface area contributed by atoms with E-state index in [1.165, 1.54) is 5.56 Å². The minimum absolute atomic E-state index is 0.344. The molecule has 0 amide bonds. The molecule has 3 unspecified atom stereocenters. The normalized spacial score (nSPS) is 24.6. The SMILES string of the molecule is CCCNC(Cc1ccccc1Cl)C1CCOC1C. The maximum Gasteiger partial charge on any atom is 0.0590 e. The minimum Gasteiger partial charge on any atom is -0.378 e. The molecule has 3 heteroatoms. The summed E-state index contributed by atoms with van der Waals surface area (Å²) in [7, 11) is 0. The van der Waals surface area contributed by atoms with E-state index < -0.39 is 0 Å². The Morgan fingerprint density at radius 1 is 1.42 bits per heavy atom. The molecule has 0 aliphatic carbocycles. The number of ether oxygens (including phenoxy) is 1. The number of benzene rings is 1. The van der Waals surface area contributed by atoms with E-state index in [0.717, 1.165) is 37.4 Å². The Labute approximate surface area is 121 Å². The second-order valence-electron chi connectivity index (χ2n) is 5.38. The van der Waals surface area contributed by atoms with Crippen LogP contribution in [0.25, 0.3) is 0 Å². The van der Waals surface area contributed by atoms with E-state index in [2.05, 4.69) is 31.3 Å². The average Bonchev–Trinajstić information content (AvgIpc) is 2.83. The van der Waals surface area contributed by atoms with Gasteiger partial charge in [0.05, 0.1) is 6.10 Å². The van der Waals surface area contributed by atoms with Crippen molar-refractivity contribution in [2.24, 2.45) is 5.92 Å². The highest BCUT2D eigenvalue weighted by Gasteiger charge is 2.31. The van der Waals surface area contributed by atoms with Crippen molar-refractivity contribution in [2.45, 2.75) is 45.3 Å². The van der Waals surface area contributed by atoms with Gasteiger partial charge in [-0.15, -0.1) is 0 Å². The van der Waals surface area contributed by atoms with Crippen LogP contribution in [0.1, 0.15) is 32.3 Å². The summed E-state index contributed by atoms with van der Waals surface area (Å²) in [6.07, 6.45) is 3.63. The fourth-order valence-corrected chi connectivity index (χ4v) is 3.10. The molecule has 1 saturated heterocycles. The van der Waals surface area contributed by atoms with Gasteiger partial charge in [-0.3, -0.25) is 0 Å². The lowest BCUT2D eigenvalue weighted by Gasteiger charge is -2.27. The highest BCUT2D eigenvalue weighted by Crippen LogP contribution is 2.27. The van der Waals surface area contributed by atoms with Crippen LogP contribution in [0.5, 0.6) is 0 Å². The van der Waals surface area contributed by atoms with Crippen molar-refractivity contribution in [3.63, 3.8) is 0 Å². The van der Waals surface area contributed by atoms with Crippen molar-refractivity contribution in [3.05, 3.63) is 34.9 Å². The maximum absolute atomic E-state index is 6.29. The Morgan fingerprint density at radius 2 is 2.21 bits per heavy atom. The van der Waals surface area contributed by atoms with E-state index in [1.54, 1.807) is 0 Å². The summed E-state index contributed by atoms with van der Waals surface area (Å²) in [6, 6.07) is 8.61. The van der Waals surface area contributed by atoms with E-state index in [-0.39, 0.29) is 0 Å². The molecule has 106 valence electrons. The molecule has 3 atom stereocenters. The number of nitrogens with one attached hydrogen (secondary N) is 1. The van der Waals surface area contributed by atoms with Crippen LogP contribution in [0.15, 0.2) is 24.3 Å². The van der Waals surface area contributed by atoms with Crippen LogP contribution in [-0.4, -0.2) is 25.3 Å². The molecular formula is C16H24ClNO. The monoisotopic (exact) mass is 281 g/mol. The lowest BCUT2D eigenvalue weighted by atomic mass is 9.88. The number of hydrogen-bond donors (Lipinski definition) is 1. The zero-order valence-corrected chi connectivity index (χ0v) is 12.6. The Kier molecular flexibility index (Phi) is 5.68. The molecule has 2 nitrogen and oxygen atoms in total. The number of rotatable bonds is 6. The molecule has 1 heterocycles. The molecule has 1 aromatic rings. The largest absolute Gasteiger partial charge is 0.378 e. The molecule has 0 radical (unpaired) electrons. The molecule has 1 N–H and O–H groups in total. The van der Waals surface area contributed by atoms with Crippen LogP contribution in [-0.2, 0) is 11.2 Å². The summed E-state index contributed by atoms with van der Waals surface area (Å²) in [6.45, 7) is 6.33. The average molecular weight is 282 g/mol. The van der Waals surface area contributed by atoms with E-state index in [4.69, 9.17) is 16.3 Å². The van der Waals surface area contributed by atoms with Gasteiger partial charge in [0, 0.05) is 23.6 Å². The summed E-state index contributed by atoms with van der Waals surface area (Å²) in [5.41, 5.74) is 1.23. The van der Waals surface area contributed by atoms with Crippen LogP contribution in [0.4, 0.5) is 0 Å². The Balaban J connectivity index is 2.07. The van der Waals surface area contributed by atoms with Crippen LogP contribution in [0.3, 0.4) is 0 Å². The van der Waals surface area contributed by atoms with Gasteiger partial charge in [-0.25, -0.2) is 0 Å². The van der Waals surface area contributed by atoms with Gasteiger partial charge in [0.2, 0.25) is 0 Å². The summed E-state index contributed by atoms with van der Waals surface area (Å²) in [5, 5.41) is 4.55. The standard InChI is InChI=1S/C16H24ClNO/c1-3-9-18-16(14-8-10-19-12(14)2)11-13-6-4-5-7-15(13)17/h4-7,12,14,16,18H,3,8-11H2,1-2H3. The van der Waals surface area contributed by atoms with Crippen LogP contribution >= 0.6 is 11.6 Å². The molecule has 0 saturated carbocycles. The molecular weight excluding hydrogens is 258 g/mol. The van der Waals surface area contributed by atoms with E-state index in [1.807, 2.05) is 12.1 Å². The lowest BCUT2D eigenvalue weighted by Crippen LogP contribution is -2.41. The highest BCUT2D eigenvalue weighted by atomic mass is 35.5. The van der Waals surface area contributed by atoms with E-state index in [0.29, 0.717) is 18.1 Å². The van der Waals surface area contributed by atoms with Gasteiger partial charge in [-0.2, -0.15) is 0 Å². The second-order valence-corrected chi connectivity index (χ2v) is 5.79. The first kappa shape index (κ1) is 14.8. The predicted octanol–water partition coefficient (Wildman–Crippen LogP) is 3.68. The first-order valence-corrected chi connectivity index (χ1v) is 7.68.